The molecule has 1 aliphatic rings. The molecule has 8 nitrogen and oxygen atoms in total. The van der Waals surface area contributed by atoms with E-state index in [-0.39, 0.29) is 5.71 Å². The number of hydrogen-bond donors (Lipinski definition) is 3. The lowest BCUT2D eigenvalue weighted by atomic mass is 9.91. The van der Waals surface area contributed by atoms with E-state index in [9.17, 15) is 16.8 Å². The Bertz CT molecular complexity index is 990. The molecule has 0 bridgehead atoms. The van der Waals surface area contributed by atoms with E-state index in [1.54, 1.807) is 60.7 Å². The summed E-state index contributed by atoms with van der Waals surface area (Å²) in [5.74, 6) is 0. The van der Waals surface area contributed by atoms with E-state index in [1.807, 2.05) is 0 Å². The number of benzene rings is 2. The van der Waals surface area contributed by atoms with Crippen molar-refractivity contribution in [2.45, 2.75) is 5.66 Å². The van der Waals surface area contributed by atoms with Crippen LogP contribution in [0.2, 0.25) is 0 Å². The minimum Gasteiger partial charge on any atom is -0.216 e. The first kappa shape index (κ1) is 16.7. The van der Waals surface area contributed by atoms with Crippen molar-refractivity contribution < 1.29 is 16.8 Å². The van der Waals surface area contributed by atoms with Gasteiger partial charge in [-0.1, -0.05) is 60.7 Å². The van der Waals surface area contributed by atoms with Gasteiger partial charge < -0.3 is 0 Å². The van der Waals surface area contributed by atoms with Gasteiger partial charge >= 0.3 is 10.2 Å². The van der Waals surface area contributed by atoms with Gasteiger partial charge in [0.2, 0.25) is 0 Å². The Morgan fingerprint density at radius 1 is 1.00 bits per heavy atom. The van der Waals surface area contributed by atoms with Gasteiger partial charge in [-0.15, -0.1) is 0 Å². The van der Waals surface area contributed by atoms with Crippen LogP contribution in [0.25, 0.3) is 0 Å². The highest BCUT2D eigenvalue weighted by Crippen LogP contribution is 2.31. The van der Waals surface area contributed by atoms with Gasteiger partial charge in [-0.25, -0.2) is 5.14 Å². The van der Waals surface area contributed by atoms with Crippen molar-refractivity contribution >= 4 is 26.1 Å². The zero-order chi connectivity index (χ0) is 17.4. The summed E-state index contributed by atoms with van der Waals surface area (Å²) >= 11 is 0. The van der Waals surface area contributed by atoms with Crippen LogP contribution in [0.3, 0.4) is 0 Å². The molecule has 0 spiro atoms. The van der Waals surface area contributed by atoms with Crippen molar-refractivity contribution in [3.05, 3.63) is 71.8 Å². The number of nitrogens with one attached hydrogen (secondary N) is 2. The first-order valence-electron chi connectivity index (χ1n) is 6.79. The molecule has 0 saturated carbocycles. The lowest BCUT2D eigenvalue weighted by molar-refractivity contribution is 0.485. The molecule has 2 aromatic rings. The van der Waals surface area contributed by atoms with Crippen molar-refractivity contribution in [2.24, 2.45) is 9.54 Å². The third-order valence-electron chi connectivity index (χ3n) is 3.40. The van der Waals surface area contributed by atoms with Crippen molar-refractivity contribution in [3.8, 4) is 0 Å². The Balaban J connectivity index is 2.30. The van der Waals surface area contributed by atoms with Crippen LogP contribution in [0, 0.1) is 0 Å². The monoisotopic (exact) mass is 366 g/mol. The zero-order valence-electron chi connectivity index (χ0n) is 12.2. The highest BCUT2D eigenvalue weighted by molar-refractivity contribution is 7.89. The van der Waals surface area contributed by atoms with Gasteiger partial charge in [-0.05, 0) is 5.56 Å². The van der Waals surface area contributed by atoms with Gasteiger partial charge in [0, 0.05) is 5.56 Å². The molecule has 10 heteroatoms. The number of nitrogens with two attached hydrogens (primary N) is 1. The lowest BCUT2D eigenvalue weighted by Gasteiger charge is -2.30. The van der Waals surface area contributed by atoms with E-state index in [2.05, 4.69) is 13.8 Å². The molecule has 0 radical (unpaired) electrons. The van der Waals surface area contributed by atoms with Crippen molar-refractivity contribution in [1.29, 1.82) is 0 Å². The maximum atomic E-state index is 12.1. The van der Waals surface area contributed by atoms with Gasteiger partial charge in [0.1, 0.15) is 5.71 Å². The minimum atomic E-state index is -4.26. The van der Waals surface area contributed by atoms with Gasteiger partial charge in [-0.2, -0.15) is 30.7 Å². The minimum absolute atomic E-state index is 0.0108. The van der Waals surface area contributed by atoms with E-state index in [0.29, 0.717) is 11.1 Å². The quantitative estimate of drug-likeness (QED) is 0.701. The molecular formula is C14H14N4O4S2. The molecule has 24 heavy (non-hydrogen) atoms. The molecule has 1 atom stereocenters. The number of hydrogen-bond acceptors (Lipinski definition) is 4. The summed E-state index contributed by atoms with van der Waals surface area (Å²) in [5.41, 5.74) is -1.06. The van der Waals surface area contributed by atoms with Gasteiger partial charge in [0.25, 0.3) is 10.2 Å². The van der Waals surface area contributed by atoms with Crippen LogP contribution >= 0.6 is 0 Å². The standard InChI is InChI=1S/C14H14N4O4S2/c15-23(19,20)17-14(12-9-5-2-6-10-12)13(16-24(21,22)18-14)11-7-3-1-4-8-11/h1-10,17-18H,(H2,15,19,20). The summed E-state index contributed by atoms with van der Waals surface area (Å²) in [6.07, 6.45) is 0. The Kier molecular flexibility index (Phi) is 4.01. The topological polar surface area (TPSA) is 131 Å². The van der Waals surface area contributed by atoms with Gasteiger partial charge in [0.05, 0.1) is 0 Å². The van der Waals surface area contributed by atoms with Crippen LogP contribution in [0.15, 0.2) is 65.1 Å². The predicted molar refractivity (Wildman–Crippen MR) is 89.4 cm³/mol. The second-order valence-corrected chi connectivity index (χ2v) is 7.78. The Morgan fingerprint density at radius 2 is 1.54 bits per heavy atom. The zero-order valence-corrected chi connectivity index (χ0v) is 13.9. The fraction of sp³-hybridized carbons (Fsp3) is 0.0714. The number of rotatable bonds is 4. The highest BCUT2D eigenvalue weighted by Gasteiger charge is 2.49. The molecule has 2 aromatic carbocycles. The summed E-state index contributed by atoms with van der Waals surface area (Å²) in [6, 6.07) is 16.6. The maximum absolute atomic E-state index is 12.1. The highest BCUT2D eigenvalue weighted by atomic mass is 32.2. The summed E-state index contributed by atoms with van der Waals surface area (Å²) in [7, 11) is -8.38. The molecule has 0 fully saturated rings. The third-order valence-corrected chi connectivity index (χ3v) is 4.98. The Labute approximate surface area is 139 Å². The lowest BCUT2D eigenvalue weighted by Crippen LogP contribution is -2.60. The van der Waals surface area contributed by atoms with Crippen LogP contribution in [0.5, 0.6) is 0 Å². The smallest absolute Gasteiger partial charge is 0.216 e. The van der Waals surface area contributed by atoms with Crippen LogP contribution in [-0.4, -0.2) is 22.5 Å². The van der Waals surface area contributed by atoms with Crippen LogP contribution < -0.4 is 14.6 Å². The molecule has 126 valence electrons. The summed E-state index contributed by atoms with van der Waals surface area (Å²) < 4.78 is 55.8. The van der Waals surface area contributed by atoms with Crippen LogP contribution in [0.1, 0.15) is 11.1 Å². The first-order chi connectivity index (χ1) is 11.2. The molecule has 1 aliphatic heterocycles. The molecular weight excluding hydrogens is 352 g/mol. The molecule has 0 amide bonds. The fourth-order valence-electron chi connectivity index (χ4n) is 2.54. The van der Waals surface area contributed by atoms with Crippen LogP contribution in [0.4, 0.5) is 0 Å². The largest absolute Gasteiger partial charge is 0.322 e. The summed E-state index contributed by atoms with van der Waals surface area (Å²) in [4.78, 5) is 0. The molecule has 0 saturated heterocycles. The Morgan fingerprint density at radius 3 is 2.08 bits per heavy atom. The normalized spacial score (nSPS) is 23.0. The molecule has 4 N–H and O–H groups in total. The van der Waals surface area contributed by atoms with E-state index in [0.717, 1.165) is 0 Å². The average Bonchev–Trinajstić information content (AvgIpc) is 2.79. The second-order valence-electron chi connectivity index (χ2n) is 5.15. The fourth-order valence-corrected chi connectivity index (χ4v) is 4.48. The summed E-state index contributed by atoms with van der Waals surface area (Å²) in [6.45, 7) is 0. The van der Waals surface area contributed by atoms with E-state index in [1.165, 1.54) is 0 Å². The molecule has 3 rings (SSSR count). The molecule has 1 unspecified atom stereocenters. The van der Waals surface area contributed by atoms with E-state index in [4.69, 9.17) is 5.14 Å². The summed E-state index contributed by atoms with van der Waals surface area (Å²) in [5, 5.41) is 5.14. The second kappa shape index (κ2) is 5.76. The Hall–Kier alpha value is -2.11. The van der Waals surface area contributed by atoms with Gasteiger partial charge in [0.15, 0.2) is 5.66 Å². The molecule has 0 aliphatic carbocycles. The van der Waals surface area contributed by atoms with Crippen molar-refractivity contribution in [3.63, 3.8) is 0 Å². The maximum Gasteiger partial charge on any atom is 0.322 e. The number of nitrogens with zero attached hydrogens (tertiary/aromatic N) is 1. The van der Waals surface area contributed by atoms with E-state index >= 15 is 0 Å². The SMILES string of the molecule is NS(=O)(=O)NC1(c2ccccc2)NS(=O)(=O)N=C1c1ccccc1. The van der Waals surface area contributed by atoms with Crippen molar-refractivity contribution in [2.75, 3.05) is 0 Å². The van der Waals surface area contributed by atoms with Gasteiger partial charge in [-0.3, -0.25) is 0 Å². The molecule has 1 heterocycles. The van der Waals surface area contributed by atoms with E-state index < -0.39 is 26.1 Å². The first-order valence-corrected chi connectivity index (χ1v) is 9.77. The van der Waals surface area contributed by atoms with Crippen LogP contribution in [-0.2, 0) is 26.1 Å². The van der Waals surface area contributed by atoms with Crippen molar-refractivity contribution in [1.82, 2.24) is 9.44 Å². The predicted octanol–water partition coefficient (Wildman–Crippen LogP) is -0.0302. The third kappa shape index (κ3) is 3.23. The average molecular weight is 366 g/mol. The molecule has 0 aromatic heterocycles.